The van der Waals surface area contributed by atoms with Gasteiger partial charge in [-0.3, -0.25) is 14.6 Å². The van der Waals surface area contributed by atoms with Crippen molar-refractivity contribution in [1.82, 2.24) is 9.55 Å². The lowest BCUT2D eigenvalue weighted by atomic mass is 10.2. The van der Waals surface area contributed by atoms with Crippen LogP contribution < -0.4 is 22.3 Å². The third-order valence-electron chi connectivity index (χ3n) is 2.65. The summed E-state index contributed by atoms with van der Waals surface area (Å²) in [5.74, 6) is -0.242. The summed E-state index contributed by atoms with van der Waals surface area (Å²) in [7, 11) is 0. The van der Waals surface area contributed by atoms with Crippen LogP contribution >= 0.6 is 0 Å². The minimum Gasteiger partial charge on any atom is -0.399 e. The number of nitrogens with one attached hydrogen (secondary N) is 2. The van der Waals surface area contributed by atoms with Gasteiger partial charge >= 0.3 is 5.69 Å². The number of rotatable bonds is 4. The maximum atomic E-state index is 11.7. The van der Waals surface area contributed by atoms with Gasteiger partial charge in [0.2, 0.25) is 5.91 Å². The number of aryl methyl sites for hydroxylation is 1. The zero-order valence-electron chi connectivity index (χ0n) is 10.6. The van der Waals surface area contributed by atoms with Crippen molar-refractivity contribution in [3.8, 4) is 0 Å². The Morgan fingerprint density at radius 2 is 2.10 bits per heavy atom. The molecule has 0 bridgehead atoms. The van der Waals surface area contributed by atoms with Crippen molar-refractivity contribution >= 4 is 17.3 Å². The topological polar surface area (TPSA) is 110 Å². The van der Waals surface area contributed by atoms with Crippen molar-refractivity contribution in [1.29, 1.82) is 0 Å². The largest absolute Gasteiger partial charge is 0.399 e. The highest BCUT2D eigenvalue weighted by molar-refractivity contribution is 5.91. The van der Waals surface area contributed by atoms with E-state index in [0.717, 1.165) is 0 Å². The molecule has 0 atom stereocenters. The minimum absolute atomic E-state index is 0.112. The summed E-state index contributed by atoms with van der Waals surface area (Å²) in [6, 6.07) is 8.05. The molecule has 0 aliphatic rings. The number of carbonyl (C=O) groups excluding carboxylic acids is 1. The van der Waals surface area contributed by atoms with Crippen molar-refractivity contribution in [2.75, 3.05) is 11.1 Å². The van der Waals surface area contributed by atoms with Crippen molar-refractivity contribution in [3.05, 3.63) is 57.4 Å². The second-order valence-corrected chi connectivity index (χ2v) is 4.23. The molecule has 104 valence electrons. The lowest BCUT2D eigenvalue weighted by Gasteiger charge is -2.07. The van der Waals surface area contributed by atoms with Crippen LogP contribution in [-0.2, 0) is 11.3 Å². The number of benzene rings is 1. The smallest absolute Gasteiger partial charge is 0.328 e. The fourth-order valence-corrected chi connectivity index (χ4v) is 1.68. The van der Waals surface area contributed by atoms with E-state index in [0.29, 0.717) is 11.4 Å². The molecular formula is C13H14N4O3. The number of aromatic amines is 1. The average molecular weight is 274 g/mol. The quantitative estimate of drug-likeness (QED) is 0.689. The first-order chi connectivity index (χ1) is 9.54. The normalized spacial score (nSPS) is 10.2. The molecule has 1 aromatic carbocycles. The molecule has 2 rings (SSSR count). The Kier molecular flexibility index (Phi) is 3.99. The van der Waals surface area contributed by atoms with E-state index in [1.165, 1.54) is 16.8 Å². The number of hydrogen-bond acceptors (Lipinski definition) is 4. The number of aromatic nitrogens is 2. The first-order valence-corrected chi connectivity index (χ1v) is 6.00. The van der Waals surface area contributed by atoms with Gasteiger partial charge in [0.25, 0.3) is 5.56 Å². The van der Waals surface area contributed by atoms with Crippen molar-refractivity contribution in [2.24, 2.45) is 0 Å². The molecule has 1 amide bonds. The molecule has 0 saturated heterocycles. The Morgan fingerprint density at radius 1 is 1.30 bits per heavy atom. The monoisotopic (exact) mass is 274 g/mol. The molecular weight excluding hydrogens is 260 g/mol. The number of nitrogens with two attached hydrogens (primary N) is 1. The highest BCUT2D eigenvalue weighted by atomic mass is 16.2. The number of carbonyl (C=O) groups is 1. The lowest BCUT2D eigenvalue weighted by Crippen LogP contribution is -2.29. The fourth-order valence-electron chi connectivity index (χ4n) is 1.68. The third-order valence-corrected chi connectivity index (χ3v) is 2.65. The number of nitrogens with zero attached hydrogens (tertiary/aromatic N) is 1. The highest BCUT2D eigenvalue weighted by Gasteiger charge is 2.04. The summed E-state index contributed by atoms with van der Waals surface area (Å²) in [4.78, 5) is 36.2. The summed E-state index contributed by atoms with van der Waals surface area (Å²) in [6.07, 6.45) is 1.47. The lowest BCUT2D eigenvalue weighted by molar-refractivity contribution is -0.116. The van der Waals surface area contributed by atoms with Crippen LogP contribution in [-0.4, -0.2) is 15.5 Å². The molecule has 0 aliphatic heterocycles. The summed E-state index contributed by atoms with van der Waals surface area (Å²) < 4.78 is 1.26. The highest BCUT2D eigenvalue weighted by Crippen LogP contribution is 2.11. The van der Waals surface area contributed by atoms with Gasteiger partial charge < -0.3 is 15.6 Å². The molecule has 0 radical (unpaired) electrons. The van der Waals surface area contributed by atoms with Crippen LogP contribution in [0, 0.1) is 0 Å². The standard InChI is InChI=1S/C13H14N4O3/c14-9-2-1-3-10(8-9)15-11(18)4-6-17-7-5-12(19)16-13(17)20/h1-3,5,7-8H,4,6,14H2,(H,15,18)(H,16,19,20). The van der Waals surface area contributed by atoms with E-state index in [4.69, 9.17) is 5.73 Å². The van der Waals surface area contributed by atoms with Gasteiger partial charge in [0.1, 0.15) is 0 Å². The van der Waals surface area contributed by atoms with Gasteiger partial charge in [0, 0.05) is 36.6 Å². The van der Waals surface area contributed by atoms with Gasteiger partial charge in [0.15, 0.2) is 0 Å². The zero-order valence-corrected chi connectivity index (χ0v) is 10.6. The maximum Gasteiger partial charge on any atom is 0.328 e. The SMILES string of the molecule is Nc1cccc(NC(=O)CCn2ccc(=O)[nH]c2=O)c1. The van der Waals surface area contributed by atoms with Gasteiger partial charge in [-0.1, -0.05) is 6.07 Å². The number of nitrogen functional groups attached to an aromatic ring is 1. The summed E-state index contributed by atoms with van der Waals surface area (Å²) in [5, 5.41) is 2.68. The fraction of sp³-hybridized carbons (Fsp3) is 0.154. The molecule has 1 heterocycles. The van der Waals surface area contributed by atoms with E-state index >= 15 is 0 Å². The van der Waals surface area contributed by atoms with Gasteiger partial charge in [0.05, 0.1) is 0 Å². The van der Waals surface area contributed by atoms with E-state index < -0.39 is 11.2 Å². The molecule has 0 saturated carbocycles. The summed E-state index contributed by atoms with van der Waals surface area (Å²) in [5.41, 5.74) is 5.76. The van der Waals surface area contributed by atoms with E-state index in [1.807, 2.05) is 0 Å². The molecule has 0 fully saturated rings. The van der Waals surface area contributed by atoms with Crippen molar-refractivity contribution < 1.29 is 4.79 Å². The van der Waals surface area contributed by atoms with Gasteiger partial charge in [-0.05, 0) is 18.2 Å². The van der Waals surface area contributed by atoms with Crippen LogP contribution in [0.2, 0.25) is 0 Å². The van der Waals surface area contributed by atoms with Gasteiger partial charge in [-0.25, -0.2) is 4.79 Å². The predicted octanol–water partition coefficient (Wildman–Crippen LogP) is 0.148. The number of amides is 1. The number of H-pyrrole nitrogens is 1. The van der Waals surface area contributed by atoms with Crippen LogP contribution in [0.1, 0.15) is 6.42 Å². The molecule has 1 aromatic heterocycles. The van der Waals surface area contributed by atoms with Gasteiger partial charge in [-0.2, -0.15) is 0 Å². The molecule has 4 N–H and O–H groups in total. The van der Waals surface area contributed by atoms with E-state index in [9.17, 15) is 14.4 Å². The van der Waals surface area contributed by atoms with Crippen LogP contribution in [0.25, 0.3) is 0 Å². The average Bonchev–Trinajstić information content (AvgIpc) is 2.37. The van der Waals surface area contributed by atoms with Crippen molar-refractivity contribution in [2.45, 2.75) is 13.0 Å². The second-order valence-electron chi connectivity index (χ2n) is 4.23. The molecule has 20 heavy (non-hydrogen) atoms. The zero-order chi connectivity index (χ0) is 14.5. The molecule has 7 nitrogen and oxygen atoms in total. The number of anilines is 2. The summed E-state index contributed by atoms with van der Waals surface area (Å²) >= 11 is 0. The first-order valence-electron chi connectivity index (χ1n) is 6.00. The summed E-state index contributed by atoms with van der Waals surface area (Å²) in [6.45, 7) is 0.184. The molecule has 0 aliphatic carbocycles. The minimum atomic E-state index is -0.533. The van der Waals surface area contributed by atoms with E-state index in [-0.39, 0.29) is 18.9 Å². The molecule has 2 aromatic rings. The number of hydrogen-bond donors (Lipinski definition) is 3. The molecule has 0 spiro atoms. The first kappa shape index (κ1) is 13.6. The Labute approximate surface area is 114 Å². The Morgan fingerprint density at radius 3 is 2.80 bits per heavy atom. The Bertz CT molecular complexity index is 733. The third kappa shape index (κ3) is 3.58. The van der Waals surface area contributed by atoms with Crippen LogP contribution in [0.4, 0.5) is 11.4 Å². The Balaban J connectivity index is 1.95. The van der Waals surface area contributed by atoms with E-state index in [2.05, 4.69) is 10.3 Å². The van der Waals surface area contributed by atoms with Crippen LogP contribution in [0.3, 0.4) is 0 Å². The maximum absolute atomic E-state index is 11.7. The molecule has 0 unspecified atom stereocenters. The molecule has 7 heteroatoms. The predicted molar refractivity (Wildman–Crippen MR) is 75.4 cm³/mol. The Hall–Kier alpha value is -2.83. The van der Waals surface area contributed by atoms with Crippen LogP contribution in [0.15, 0.2) is 46.1 Å². The second kappa shape index (κ2) is 5.87. The van der Waals surface area contributed by atoms with Crippen molar-refractivity contribution in [3.63, 3.8) is 0 Å². The van der Waals surface area contributed by atoms with Gasteiger partial charge in [-0.15, -0.1) is 0 Å². The van der Waals surface area contributed by atoms with E-state index in [1.54, 1.807) is 24.3 Å². The van der Waals surface area contributed by atoms with Crippen LogP contribution in [0.5, 0.6) is 0 Å².